The molecule has 0 aromatic carbocycles. The first-order valence-corrected chi connectivity index (χ1v) is 6.21. The fourth-order valence-corrected chi connectivity index (χ4v) is 1.69. The quantitative estimate of drug-likeness (QED) is 0.479. The molecule has 0 aliphatic rings. The van der Waals surface area contributed by atoms with Crippen LogP contribution in [-0.2, 0) is 17.8 Å². The van der Waals surface area contributed by atoms with Gasteiger partial charge in [0, 0.05) is 24.9 Å². The maximum Gasteiger partial charge on any atom is 0.326 e. The molecule has 2 aromatic heterocycles. The van der Waals surface area contributed by atoms with Crippen molar-refractivity contribution in [2.24, 2.45) is 5.73 Å². The Kier molecular flexibility index (Phi) is 4.61. The molecule has 5 N–H and O–H groups in total. The summed E-state index contributed by atoms with van der Waals surface area (Å²) < 4.78 is 1.42. The van der Waals surface area contributed by atoms with E-state index in [0.717, 1.165) is 0 Å². The van der Waals surface area contributed by atoms with E-state index in [-0.39, 0.29) is 12.1 Å². The lowest BCUT2D eigenvalue weighted by molar-refractivity contribution is -0.139. The second kappa shape index (κ2) is 6.61. The zero-order valence-corrected chi connectivity index (χ0v) is 11.1. The van der Waals surface area contributed by atoms with E-state index in [0.29, 0.717) is 18.8 Å². The number of nitrogens with zero attached hydrogens (tertiary/aromatic N) is 4. The van der Waals surface area contributed by atoms with Crippen molar-refractivity contribution in [3.05, 3.63) is 30.1 Å². The van der Waals surface area contributed by atoms with Crippen molar-refractivity contribution in [1.29, 1.82) is 0 Å². The average molecular weight is 293 g/mol. The number of aromatic nitrogens is 5. The Morgan fingerprint density at radius 2 is 2.33 bits per heavy atom. The molecule has 1 atom stereocenters. The Morgan fingerprint density at radius 3 is 2.95 bits per heavy atom. The first-order valence-electron chi connectivity index (χ1n) is 6.21. The second-order valence-electron chi connectivity index (χ2n) is 4.30. The summed E-state index contributed by atoms with van der Waals surface area (Å²) in [5.41, 5.74) is 6.01. The largest absolute Gasteiger partial charge is 0.480 e. The normalized spacial score (nSPS) is 12.0. The molecule has 0 spiro atoms. The molecule has 21 heavy (non-hydrogen) atoms. The van der Waals surface area contributed by atoms with Crippen LogP contribution < -0.4 is 11.1 Å². The van der Waals surface area contributed by atoms with E-state index < -0.39 is 17.9 Å². The summed E-state index contributed by atoms with van der Waals surface area (Å²) in [6.45, 7) is 0.790. The van der Waals surface area contributed by atoms with Gasteiger partial charge in [-0.05, 0) is 0 Å². The Balaban J connectivity index is 2.01. The molecule has 10 heteroatoms. The molecule has 0 saturated heterocycles. The van der Waals surface area contributed by atoms with Crippen molar-refractivity contribution in [2.75, 3.05) is 6.54 Å². The average Bonchev–Trinajstić information content (AvgIpc) is 3.09. The van der Waals surface area contributed by atoms with E-state index >= 15 is 0 Å². The van der Waals surface area contributed by atoms with Crippen LogP contribution in [0.1, 0.15) is 16.2 Å². The van der Waals surface area contributed by atoms with E-state index in [1.54, 1.807) is 0 Å². The zero-order valence-electron chi connectivity index (χ0n) is 11.1. The van der Waals surface area contributed by atoms with Gasteiger partial charge in [0.05, 0.1) is 19.1 Å². The van der Waals surface area contributed by atoms with Gasteiger partial charge in [-0.25, -0.2) is 9.78 Å². The van der Waals surface area contributed by atoms with Crippen molar-refractivity contribution < 1.29 is 14.7 Å². The minimum absolute atomic E-state index is 0.0410. The molecule has 0 saturated carbocycles. The molecule has 1 unspecified atom stereocenters. The monoisotopic (exact) mass is 293 g/mol. The van der Waals surface area contributed by atoms with Crippen molar-refractivity contribution in [1.82, 2.24) is 30.3 Å². The summed E-state index contributed by atoms with van der Waals surface area (Å²) in [6, 6.07) is -1.09. The predicted molar refractivity (Wildman–Crippen MR) is 70.3 cm³/mol. The van der Waals surface area contributed by atoms with Crippen LogP contribution in [-0.4, -0.2) is 54.5 Å². The van der Waals surface area contributed by atoms with Gasteiger partial charge in [0.25, 0.3) is 5.91 Å². The number of nitrogens with one attached hydrogen (secondary N) is 2. The van der Waals surface area contributed by atoms with Crippen molar-refractivity contribution in [3.63, 3.8) is 0 Å². The van der Waals surface area contributed by atoms with Gasteiger partial charge in [-0.3, -0.25) is 9.48 Å². The van der Waals surface area contributed by atoms with Gasteiger partial charge in [0.2, 0.25) is 0 Å². The van der Waals surface area contributed by atoms with Crippen molar-refractivity contribution in [2.45, 2.75) is 19.0 Å². The molecule has 2 rings (SSSR count). The number of imidazole rings is 1. The summed E-state index contributed by atoms with van der Waals surface area (Å²) >= 11 is 0. The van der Waals surface area contributed by atoms with E-state index in [9.17, 15) is 9.59 Å². The summed E-state index contributed by atoms with van der Waals surface area (Å²) in [7, 11) is 0. The Morgan fingerprint density at radius 1 is 1.52 bits per heavy atom. The Hall–Kier alpha value is -2.75. The number of nitrogens with two attached hydrogens (primary N) is 1. The van der Waals surface area contributed by atoms with Crippen LogP contribution in [0.3, 0.4) is 0 Å². The summed E-state index contributed by atoms with van der Waals surface area (Å²) in [6.07, 6.45) is 4.45. The topological polar surface area (TPSA) is 152 Å². The molecule has 0 radical (unpaired) electrons. The SMILES string of the molecule is NCCn1cc(C(=O)NC(Cc2cnc[nH]2)C(=O)O)nn1. The molecule has 1 amide bonds. The molecule has 10 nitrogen and oxygen atoms in total. The maximum absolute atomic E-state index is 12.0. The smallest absolute Gasteiger partial charge is 0.326 e. The van der Waals surface area contributed by atoms with Crippen LogP contribution in [0.25, 0.3) is 0 Å². The maximum atomic E-state index is 12.0. The molecule has 0 fully saturated rings. The third kappa shape index (κ3) is 3.86. The van der Waals surface area contributed by atoms with Crippen LogP contribution in [0.2, 0.25) is 0 Å². The van der Waals surface area contributed by atoms with Gasteiger partial charge < -0.3 is 21.1 Å². The fourth-order valence-electron chi connectivity index (χ4n) is 1.69. The highest BCUT2D eigenvalue weighted by molar-refractivity contribution is 5.94. The lowest BCUT2D eigenvalue weighted by Crippen LogP contribution is -2.42. The van der Waals surface area contributed by atoms with Gasteiger partial charge in [-0.2, -0.15) is 0 Å². The third-order valence-electron chi connectivity index (χ3n) is 2.71. The Bertz CT molecular complexity index is 607. The van der Waals surface area contributed by atoms with Gasteiger partial charge in [0.1, 0.15) is 6.04 Å². The standard InChI is InChI=1S/C11H15N7O3/c12-1-2-18-5-9(16-17-18)10(19)15-8(11(20)21)3-7-4-13-6-14-7/h4-6,8H,1-3,12H2,(H,13,14)(H,15,19)(H,20,21). The second-order valence-corrected chi connectivity index (χ2v) is 4.30. The number of carboxylic acids is 1. The van der Waals surface area contributed by atoms with E-state index in [4.69, 9.17) is 10.8 Å². The first kappa shape index (κ1) is 14.7. The highest BCUT2D eigenvalue weighted by atomic mass is 16.4. The van der Waals surface area contributed by atoms with Gasteiger partial charge in [-0.15, -0.1) is 5.10 Å². The van der Waals surface area contributed by atoms with Gasteiger partial charge in [-0.1, -0.05) is 5.21 Å². The molecule has 0 aliphatic heterocycles. The number of carbonyl (C=O) groups excluding carboxylic acids is 1. The lowest BCUT2D eigenvalue weighted by atomic mass is 10.1. The lowest BCUT2D eigenvalue weighted by Gasteiger charge is -2.12. The number of rotatable bonds is 7. The molecule has 2 heterocycles. The minimum Gasteiger partial charge on any atom is -0.480 e. The summed E-state index contributed by atoms with van der Waals surface area (Å²) in [5.74, 6) is -1.75. The van der Waals surface area contributed by atoms with Crippen molar-refractivity contribution >= 4 is 11.9 Å². The van der Waals surface area contributed by atoms with Gasteiger partial charge in [0.15, 0.2) is 5.69 Å². The number of carboxylic acid groups (broad SMARTS) is 1. The minimum atomic E-state index is -1.15. The fraction of sp³-hybridized carbons (Fsp3) is 0.364. The number of aromatic amines is 1. The first-order chi connectivity index (χ1) is 10.1. The van der Waals surface area contributed by atoms with Crippen LogP contribution in [0.5, 0.6) is 0 Å². The van der Waals surface area contributed by atoms with Crippen LogP contribution in [0, 0.1) is 0 Å². The number of H-pyrrole nitrogens is 1. The highest BCUT2D eigenvalue weighted by Crippen LogP contribution is 2.01. The molecule has 112 valence electrons. The zero-order chi connectivity index (χ0) is 15.2. The number of hydrogen-bond acceptors (Lipinski definition) is 6. The molecule has 0 aliphatic carbocycles. The molecule has 0 bridgehead atoms. The number of carbonyl (C=O) groups is 2. The number of aliphatic carboxylic acids is 1. The van der Waals surface area contributed by atoms with Crippen molar-refractivity contribution in [3.8, 4) is 0 Å². The van der Waals surface area contributed by atoms with E-state index in [1.165, 1.54) is 23.4 Å². The predicted octanol–water partition coefficient (Wildman–Crippen LogP) is -1.61. The highest BCUT2D eigenvalue weighted by Gasteiger charge is 2.23. The van der Waals surface area contributed by atoms with E-state index in [2.05, 4.69) is 25.6 Å². The van der Waals surface area contributed by atoms with Crippen LogP contribution in [0.4, 0.5) is 0 Å². The van der Waals surface area contributed by atoms with Crippen LogP contribution >= 0.6 is 0 Å². The summed E-state index contributed by atoms with van der Waals surface area (Å²) in [5, 5.41) is 18.9. The molecule has 2 aromatic rings. The van der Waals surface area contributed by atoms with Crippen LogP contribution in [0.15, 0.2) is 18.7 Å². The van der Waals surface area contributed by atoms with Gasteiger partial charge >= 0.3 is 5.97 Å². The summed E-state index contributed by atoms with van der Waals surface area (Å²) in [4.78, 5) is 29.7. The Labute approximate surface area is 119 Å². The number of amides is 1. The molecular weight excluding hydrogens is 278 g/mol. The third-order valence-corrected chi connectivity index (χ3v) is 2.71. The molecular formula is C11H15N7O3. The van der Waals surface area contributed by atoms with E-state index in [1.807, 2.05) is 0 Å². The number of hydrogen-bond donors (Lipinski definition) is 4.